The Balaban J connectivity index is 1.73. The van der Waals surface area contributed by atoms with Crippen molar-refractivity contribution < 1.29 is 18.0 Å². The van der Waals surface area contributed by atoms with Crippen molar-refractivity contribution in [3.63, 3.8) is 0 Å². The summed E-state index contributed by atoms with van der Waals surface area (Å²) in [4.78, 5) is 25.9. The molecule has 204 valence electrons. The molecule has 0 aliphatic carbocycles. The van der Waals surface area contributed by atoms with Crippen LogP contribution in [0.5, 0.6) is 0 Å². The average molecular weight is 537 g/mol. The first-order valence-corrected chi connectivity index (χ1v) is 12.5. The summed E-state index contributed by atoms with van der Waals surface area (Å²) in [5.74, 6) is -0.515. The molecule has 4 rings (SSSR count). The van der Waals surface area contributed by atoms with Crippen LogP contribution in [0.15, 0.2) is 67.1 Å². The number of aromatic nitrogens is 2. The number of anilines is 3. The maximum absolute atomic E-state index is 13.6. The average Bonchev–Trinajstić information content (AvgIpc) is 2.91. The van der Waals surface area contributed by atoms with Crippen LogP contribution in [0, 0.1) is 0 Å². The number of fused-ring (bicyclic) bond motifs is 1. The standard InChI is InChI=1S/C29H31F3N6O/c1-33-22-8-9-23(24(16-22)19-6-10-25-20(14-19)17-34-18-35-25)28(39)36-26-15-21(29(30,31)32)7-11-27(26)38(4)13-5-12-37(2)3/h6-11,14-18,33H,5,12-13H2,1-4H3,(H,36,39). The number of nitrogens with one attached hydrogen (secondary N) is 2. The topological polar surface area (TPSA) is 73.4 Å². The predicted molar refractivity (Wildman–Crippen MR) is 150 cm³/mol. The molecule has 10 heteroatoms. The Morgan fingerprint density at radius 1 is 0.974 bits per heavy atom. The molecular formula is C29H31F3N6O. The van der Waals surface area contributed by atoms with Gasteiger partial charge in [0.25, 0.3) is 5.91 Å². The van der Waals surface area contributed by atoms with Gasteiger partial charge in [0.2, 0.25) is 0 Å². The van der Waals surface area contributed by atoms with Crippen LogP contribution >= 0.6 is 0 Å². The molecule has 0 radical (unpaired) electrons. The first-order chi connectivity index (χ1) is 18.6. The highest BCUT2D eigenvalue weighted by atomic mass is 19.4. The van der Waals surface area contributed by atoms with E-state index in [0.717, 1.165) is 47.3 Å². The molecule has 39 heavy (non-hydrogen) atoms. The van der Waals surface area contributed by atoms with E-state index in [1.807, 2.05) is 48.2 Å². The summed E-state index contributed by atoms with van der Waals surface area (Å²) in [7, 11) is 7.50. The number of halogens is 3. The van der Waals surface area contributed by atoms with Gasteiger partial charge in [-0.25, -0.2) is 9.97 Å². The number of carbonyl (C=O) groups excluding carboxylic acids is 1. The molecule has 4 aromatic rings. The van der Waals surface area contributed by atoms with Gasteiger partial charge < -0.3 is 20.4 Å². The number of carbonyl (C=O) groups is 1. The third-order valence-corrected chi connectivity index (χ3v) is 6.45. The molecule has 1 amide bonds. The van der Waals surface area contributed by atoms with E-state index in [0.29, 0.717) is 23.4 Å². The van der Waals surface area contributed by atoms with Crippen LogP contribution in [0.3, 0.4) is 0 Å². The van der Waals surface area contributed by atoms with E-state index in [-0.39, 0.29) is 5.69 Å². The summed E-state index contributed by atoms with van der Waals surface area (Å²) in [6.45, 7) is 1.43. The Morgan fingerprint density at radius 3 is 2.49 bits per heavy atom. The Hall–Kier alpha value is -4.18. The summed E-state index contributed by atoms with van der Waals surface area (Å²) >= 11 is 0. The molecule has 0 bridgehead atoms. The van der Waals surface area contributed by atoms with Gasteiger partial charge in [-0.2, -0.15) is 13.2 Å². The highest BCUT2D eigenvalue weighted by Gasteiger charge is 2.31. The fraction of sp³-hybridized carbons (Fsp3) is 0.276. The van der Waals surface area contributed by atoms with Gasteiger partial charge in [-0.3, -0.25) is 4.79 Å². The van der Waals surface area contributed by atoms with Crippen LogP contribution in [0.2, 0.25) is 0 Å². The Morgan fingerprint density at radius 2 is 1.77 bits per heavy atom. The molecule has 1 heterocycles. The highest BCUT2D eigenvalue weighted by Crippen LogP contribution is 2.36. The van der Waals surface area contributed by atoms with E-state index >= 15 is 0 Å². The fourth-order valence-corrected chi connectivity index (χ4v) is 4.37. The molecule has 0 spiro atoms. The van der Waals surface area contributed by atoms with Gasteiger partial charge in [0.05, 0.1) is 22.5 Å². The molecule has 0 unspecified atom stereocenters. The molecule has 0 saturated carbocycles. The summed E-state index contributed by atoms with van der Waals surface area (Å²) < 4.78 is 40.8. The number of nitrogens with zero attached hydrogens (tertiary/aromatic N) is 4. The van der Waals surface area contributed by atoms with Gasteiger partial charge in [0.15, 0.2) is 0 Å². The summed E-state index contributed by atoms with van der Waals surface area (Å²) in [5.41, 5.74) is 3.01. The molecule has 0 aliphatic heterocycles. The van der Waals surface area contributed by atoms with Crippen molar-refractivity contribution in [3.8, 4) is 11.1 Å². The first-order valence-electron chi connectivity index (χ1n) is 12.5. The SMILES string of the molecule is CNc1ccc(C(=O)Nc2cc(C(F)(F)F)ccc2N(C)CCCN(C)C)c(-c2ccc3ncncc3c2)c1. The minimum atomic E-state index is -4.55. The molecule has 3 aromatic carbocycles. The molecule has 0 saturated heterocycles. The van der Waals surface area contributed by atoms with Gasteiger partial charge in [0, 0.05) is 43.5 Å². The maximum Gasteiger partial charge on any atom is 0.416 e. The Labute approximate surface area is 225 Å². The minimum absolute atomic E-state index is 0.0951. The van der Waals surface area contributed by atoms with E-state index in [1.165, 1.54) is 12.4 Å². The van der Waals surface area contributed by atoms with Crippen molar-refractivity contribution in [2.75, 3.05) is 56.8 Å². The largest absolute Gasteiger partial charge is 0.416 e. The fourth-order valence-electron chi connectivity index (χ4n) is 4.37. The monoisotopic (exact) mass is 536 g/mol. The first kappa shape index (κ1) is 27.8. The summed E-state index contributed by atoms with van der Waals surface area (Å²) in [5, 5.41) is 6.64. The second-order valence-corrected chi connectivity index (χ2v) is 9.57. The molecule has 0 aliphatic rings. The zero-order valence-electron chi connectivity index (χ0n) is 22.3. The number of hydrogen-bond donors (Lipinski definition) is 2. The minimum Gasteiger partial charge on any atom is -0.388 e. The number of rotatable bonds is 9. The van der Waals surface area contributed by atoms with Crippen molar-refractivity contribution in [1.82, 2.24) is 14.9 Å². The second-order valence-electron chi connectivity index (χ2n) is 9.57. The van der Waals surface area contributed by atoms with Crippen LogP contribution in [-0.2, 0) is 6.18 Å². The van der Waals surface area contributed by atoms with E-state index in [9.17, 15) is 18.0 Å². The number of hydrogen-bond acceptors (Lipinski definition) is 6. The van der Waals surface area contributed by atoms with Crippen molar-refractivity contribution in [2.24, 2.45) is 0 Å². The van der Waals surface area contributed by atoms with Crippen LogP contribution < -0.4 is 15.5 Å². The molecule has 0 fully saturated rings. The normalized spacial score (nSPS) is 11.6. The van der Waals surface area contributed by atoms with Crippen molar-refractivity contribution >= 4 is 33.9 Å². The van der Waals surface area contributed by atoms with E-state index in [4.69, 9.17) is 0 Å². The van der Waals surface area contributed by atoms with E-state index < -0.39 is 17.6 Å². The number of amides is 1. The predicted octanol–water partition coefficient (Wildman–Crippen LogP) is 6.00. The Bertz CT molecular complexity index is 1470. The maximum atomic E-state index is 13.6. The third kappa shape index (κ3) is 6.64. The van der Waals surface area contributed by atoms with Gasteiger partial charge in [-0.1, -0.05) is 6.07 Å². The zero-order chi connectivity index (χ0) is 28.2. The second kappa shape index (κ2) is 11.7. The summed E-state index contributed by atoms with van der Waals surface area (Å²) in [6.07, 6.45) is -0.589. The third-order valence-electron chi connectivity index (χ3n) is 6.45. The quantitative estimate of drug-likeness (QED) is 0.274. The van der Waals surface area contributed by atoms with Gasteiger partial charge >= 0.3 is 6.18 Å². The van der Waals surface area contributed by atoms with E-state index in [2.05, 4.69) is 20.6 Å². The lowest BCUT2D eigenvalue weighted by molar-refractivity contribution is -0.137. The highest BCUT2D eigenvalue weighted by molar-refractivity contribution is 6.10. The molecule has 1 aromatic heterocycles. The van der Waals surface area contributed by atoms with Crippen LogP contribution in [0.4, 0.5) is 30.2 Å². The molecule has 2 N–H and O–H groups in total. The van der Waals surface area contributed by atoms with Crippen molar-refractivity contribution in [1.29, 1.82) is 0 Å². The molecule has 7 nitrogen and oxygen atoms in total. The van der Waals surface area contributed by atoms with E-state index in [1.54, 1.807) is 32.4 Å². The van der Waals surface area contributed by atoms with Gasteiger partial charge in [-0.05, 0) is 86.7 Å². The van der Waals surface area contributed by atoms with Crippen molar-refractivity contribution in [2.45, 2.75) is 12.6 Å². The van der Waals surface area contributed by atoms with Gasteiger partial charge in [-0.15, -0.1) is 0 Å². The smallest absolute Gasteiger partial charge is 0.388 e. The Kier molecular flexibility index (Phi) is 8.35. The summed E-state index contributed by atoms with van der Waals surface area (Å²) in [6, 6.07) is 14.3. The zero-order valence-corrected chi connectivity index (χ0v) is 22.3. The lowest BCUT2D eigenvalue weighted by Gasteiger charge is -2.24. The molecule has 0 atom stereocenters. The number of benzene rings is 3. The van der Waals surface area contributed by atoms with Crippen LogP contribution in [0.1, 0.15) is 22.3 Å². The van der Waals surface area contributed by atoms with Gasteiger partial charge in [0.1, 0.15) is 6.33 Å². The number of alkyl halides is 3. The lowest BCUT2D eigenvalue weighted by Crippen LogP contribution is -2.25. The van der Waals surface area contributed by atoms with Crippen LogP contribution in [0.25, 0.3) is 22.0 Å². The lowest BCUT2D eigenvalue weighted by atomic mass is 9.97. The molecular weight excluding hydrogens is 505 g/mol. The van der Waals surface area contributed by atoms with Crippen molar-refractivity contribution in [3.05, 3.63) is 78.2 Å². The van der Waals surface area contributed by atoms with Crippen LogP contribution in [-0.4, -0.2) is 62.1 Å².